The summed E-state index contributed by atoms with van der Waals surface area (Å²) in [5.74, 6) is 1.83. The second kappa shape index (κ2) is 5.31. The average molecular weight is 245 g/mol. The van der Waals surface area contributed by atoms with Crippen molar-refractivity contribution in [2.75, 3.05) is 20.2 Å². The highest BCUT2D eigenvalue weighted by Gasteiger charge is 2.24. The number of nitrogens with one attached hydrogen (secondary N) is 1. The van der Waals surface area contributed by atoms with Crippen LogP contribution in [0.15, 0.2) is 12.1 Å². The molecule has 18 heavy (non-hydrogen) atoms. The molecule has 0 unspecified atom stereocenters. The lowest BCUT2D eigenvalue weighted by atomic mass is 9.80. The molecule has 1 aromatic rings. The molecule has 0 bridgehead atoms. The summed E-state index contributed by atoms with van der Waals surface area (Å²) in [5, 5.41) is 3.46. The monoisotopic (exact) mass is 245 g/mol. The predicted molar refractivity (Wildman–Crippen MR) is 74.5 cm³/mol. The maximum absolute atomic E-state index is 5.64. The van der Waals surface area contributed by atoms with Crippen molar-refractivity contribution in [3.8, 4) is 5.75 Å². The fourth-order valence-corrected chi connectivity index (χ4v) is 3.57. The van der Waals surface area contributed by atoms with Gasteiger partial charge in [-0.3, -0.25) is 0 Å². The van der Waals surface area contributed by atoms with Gasteiger partial charge in [-0.15, -0.1) is 0 Å². The van der Waals surface area contributed by atoms with Crippen LogP contribution in [0.3, 0.4) is 0 Å². The molecule has 3 rings (SSSR count). The molecule has 0 amide bonds. The second-order valence-corrected chi connectivity index (χ2v) is 5.55. The van der Waals surface area contributed by atoms with E-state index >= 15 is 0 Å². The molecule has 1 aliphatic heterocycles. The predicted octanol–water partition coefficient (Wildman–Crippen LogP) is 3.04. The van der Waals surface area contributed by atoms with Gasteiger partial charge in [0.2, 0.25) is 0 Å². The van der Waals surface area contributed by atoms with Crippen molar-refractivity contribution >= 4 is 0 Å². The number of hydrogen-bond donors (Lipinski definition) is 1. The van der Waals surface area contributed by atoms with Crippen LogP contribution in [-0.4, -0.2) is 20.2 Å². The standard InChI is InChI=1S/C16H23NO/c1-18-15-7-6-12-4-2-3-5-14(12)16(15)13-8-10-17-11-9-13/h6-7,13,17H,2-5,8-11H2,1H3. The summed E-state index contributed by atoms with van der Waals surface area (Å²) in [6.07, 6.45) is 7.73. The van der Waals surface area contributed by atoms with Gasteiger partial charge in [0.25, 0.3) is 0 Å². The van der Waals surface area contributed by atoms with Crippen LogP contribution in [0.25, 0.3) is 0 Å². The third-order valence-electron chi connectivity index (χ3n) is 4.50. The van der Waals surface area contributed by atoms with Crippen molar-refractivity contribution in [2.24, 2.45) is 0 Å². The van der Waals surface area contributed by atoms with Crippen molar-refractivity contribution in [1.82, 2.24) is 5.32 Å². The summed E-state index contributed by atoms with van der Waals surface area (Å²) in [6, 6.07) is 4.49. The van der Waals surface area contributed by atoms with E-state index in [1.807, 2.05) is 7.11 Å². The summed E-state index contributed by atoms with van der Waals surface area (Å²) >= 11 is 0. The van der Waals surface area contributed by atoms with Gasteiger partial charge in [0.15, 0.2) is 0 Å². The third-order valence-corrected chi connectivity index (χ3v) is 4.50. The number of fused-ring (bicyclic) bond motifs is 1. The van der Waals surface area contributed by atoms with Gasteiger partial charge in [0.05, 0.1) is 7.11 Å². The van der Waals surface area contributed by atoms with Gasteiger partial charge in [-0.1, -0.05) is 6.07 Å². The first-order chi connectivity index (χ1) is 8.90. The van der Waals surface area contributed by atoms with Crippen molar-refractivity contribution in [2.45, 2.75) is 44.4 Å². The molecule has 0 spiro atoms. The van der Waals surface area contributed by atoms with E-state index in [0.29, 0.717) is 5.92 Å². The largest absolute Gasteiger partial charge is 0.496 e. The zero-order valence-electron chi connectivity index (χ0n) is 11.3. The molecule has 2 nitrogen and oxygen atoms in total. The maximum atomic E-state index is 5.64. The van der Waals surface area contributed by atoms with Gasteiger partial charge in [-0.2, -0.15) is 0 Å². The Morgan fingerprint density at radius 3 is 2.67 bits per heavy atom. The van der Waals surface area contributed by atoms with Crippen LogP contribution in [0.2, 0.25) is 0 Å². The van der Waals surface area contributed by atoms with Crippen LogP contribution in [-0.2, 0) is 12.8 Å². The molecule has 0 radical (unpaired) electrons. The van der Waals surface area contributed by atoms with E-state index in [4.69, 9.17) is 4.74 Å². The minimum absolute atomic E-state index is 0.703. The molecule has 2 aliphatic rings. The first kappa shape index (κ1) is 12.0. The summed E-state index contributed by atoms with van der Waals surface area (Å²) < 4.78 is 5.64. The van der Waals surface area contributed by atoms with Gasteiger partial charge in [-0.05, 0) is 74.7 Å². The molecule has 1 aromatic carbocycles. The van der Waals surface area contributed by atoms with Crippen LogP contribution >= 0.6 is 0 Å². The molecule has 2 heteroatoms. The minimum atomic E-state index is 0.703. The number of ether oxygens (including phenoxy) is 1. The smallest absolute Gasteiger partial charge is 0.122 e. The third kappa shape index (κ3) is 2.14. The number of rotatable bonds is 2. The lowest BCUT2D eigenvalue weighted by molar-refractivity contribution is 0.388. The summed E-state index contributed by atoms with van der Waals surface area (Å²) in [4.78, 5) is 0. The van der Waals surface area contributed by atoms with Crippen LogP contribution in [0.4, 0.5) is 0 Å². The molecule has 0 atom stereocenters. The Labute approximate surface area is 110 Å². The van der Waals surface area contributed by atoms with Crippen LogP contribution in [0, 0.1) is 0 Å². The van der Waals surface area contributed by atoms with Crippen molar-refractivity contribution in [3.63, 3.8) is 0 Å². The first-order valence-corrected chi connectivity index (χ1v) is 7.29. The fraction of sp³-hybridized carbons (Fsp3) is 0.625. The lowest BCUT2D eigenvalue weighted by Gasteiger charge is -2.29. The number of aryl methyl sites for hydroxylation is 1. The molecule has 0 saturated carbocycles. The second-order valence-electron chi connectivity index (χ2n) is 5.55. The normalized spacial score (nSPS) is 20.5. The highest BCUT2D eigenvalue weighted by Crippen LogP contribution is 2.39. The SMILES string of the molecule is COc1ccc2c(c1C1CCNCC1)CCCC2. The van der Waals surface area contributed by atoms with Crippen LogP contribution < -0.4 is 10.1 Å². The Bertz CT molecular complexity index is 421. The fourth-order valence-electron chi connectivity index (χ4n) is 3.57. The summed E-state index contributed by atoms with van der Waals surface area (Å²) in [6.45, 7) is 2.30. The highest BCUT2D eigenvalue weighted by atomic mass is 16.5. The van der Waals surface area contributed by atoms with Crippen molar-refractivity contribution in [3.05, 3.63) is 28.8 Å². The van der Waals surface area contributed by atoms with E-state index in [9.17, 15) is 0 Å². The number of hydrogen-bond acceptors (Lipinski definition) is 2. The molecule has 1 aliphatic carbocycles. The number of piperidine rings is 1. The molecular formula is C16H23NO. The molecule has 98 valence electrons. The van der Waals surface area contributed by atoms with Crippen molar-refractivity contribution < 1.29 is 4.74 Å². The minimum Gasteiger partial charge on any atom is -0.496 e. The topological polar surface area (TPSA) is 21.3 Å². The molecule has 1 N–H and O–H groups in total. The van der Waals surface area contributed by atoms with E-state index < -0.39 is 0 Å². The molecule has 1 saturated heterocycles. The van der Waals surface area contributed by atoms with E-state index in [-0.39, 0.29) is 0 Å². The van der Waals surface area contributed by atoms with Gasteiger partial charge >= 0.3 is 0 Å². The van der Waals surface area contributed by atoms with Crippen molar-refractivity contribution in [1.29, 1.82) is 0 Å². The van der Waals surface area contributed by atoms with E-state index in [0.717, 1.165) is 18.8 Å². The summed E-state index contributed by atoms with van der Waals surface area (Å²) in [5.41, 5.74) is 4.74. The number of methoxy groups -OCH3 is 1. The van der Waals surface area contributed by atoms with Gasteiger partial charge < -0.3 is 10.1 Å². The Balaban J connectivity index is 2.03. The van der Waals surface area contributed by atoms with Crippen LogP contribution in [0.1, 0.15) is 48.3 Å². The Morgan fingerprint density at radius 1 is 1.11 bits per heavy atom. The Kier molecular flexibility index (Phi) is 3.55. The zero-order valence-corrected chi connectivity index (χ0v) is 11.3. The van der Waals surface area contributed by atoms with E-state index in [1.165, 1.54) is 44.1 Å². The Morgan fingerprint density at radius 2 is 1.89 bits per heavy atom. The van der Waals surface area contributed by atoms with Crippen LogP contribution in [0.5, 0.6) is 5.75 Å². The van der Waals surface area contributed by atoms with Gasteiger partial charge in [0, 0.05) is 5.56 Å². The first-order valence-electron chi connectivity index (χ1n) is 7.29. The molecular weight excluding hydrogens is 222 g/mol. The quantitative estimate of drug-likeness (QED) is 0.864. The van der Waals surface area contributed by atoms with E-state index in [2.05, 4.69) is 17.4 Å². The molecule has 1 heterocycles. The summed E-state index contributed by atoms with van der Waals surface area (Å²) in [7, 11) is 1.81. The molecule has 0 aromatic heterocycles. The maximum Gasteiger partial charge on any atom is 0.122 e. The lowest BCUT2D eigenvalue weighted by Crippen LogP contribution is -2.27. The average Bonchev–Trinajstić information content (AvgIpc) is 2.47. The van der Waals surface area contributed by atoms with Gasteiger partial charge in [0.1, 0.15) is 5.75 Å². The Hall–Kier alpha value is -1.02. The zero-order chi connectivity index (χ0) is 12.4. The highest BCUT2D eigenvalue weighted by molar-refractivity contribution is 5.48. The van der Waals surface area contributed by atoms with Gasteiger partial charge in [-0.25, -0.2) is 0 Å². The van der Waals surface area contributed by atoms with E-state index in [1.54, 1.807) is 11.1 Å². The molecule has 1 fully saturated rings. The number of benzene rings is 1.